The van der Waals surface area contributed by atoms with Crippen molar-refractivity contribution in [2.75, 3.05) is 6.54 Å². The largest absolute Gasteiger partial charge is 0.370 e. The second-order valence-corrected chi connectivity index (χ2v) is 5.00. The SMILES string of the molecule is CCCNC(N)=NCc1csc(-c2ccccc2)n1.I. The number of benzene rings is 1. The lowest BCUT2D eigenvalue weighted by Gasteiger charge is -2.01. The molecule has 0 atom stereocenters. The quantitative estimate of drug-likeness (QED) is 0.459. The van der Waals surface area contributed by atoms with Crippen molar-refractivity contribution in [1.82, 2.24) is 10.3 Å². The molecule has 0 saturated heterocycles. The number of nitrogens with two attached hydrogens (primary N) is 1. The first-order valence-electron chi connectivity index (χ1n) is 6.33. The van der Waals surface area contributed by atoms with Crippen molar-refractivity contribution >= 4 is 41.3 Å². The van der Waals surface area contributed by atoms with Crippen molar-refractivity contribution in [2.24, 2.45) is 10.7 Å². The molecule has 0 aliphatic carbocycles. The Morgan fingerprint density at radius 1 is 1.35 bits per heavy atom. The van der Waals surface area contributed by atoms with Crippen LogP contribution < -0.4 is 11.1 Å². The summed E-state index contributed by atoms with van der Waals surface area (Å²) in [7, 11) is 0. The molecular formula is C14H19IN4S. The van der Waals surface area contributed by atoms with Gasteiger partial charge in [0.25, 0.3) is 0 Å². The summed E-state index contributed by atoms with van der Waals surface area (Å²) in [5.74, 6) is 0.483. The first-order chi connectivity index (χ1) is 9.29. The molecule has 1 heterocycles. The minimum Gasteiger partial charge on any atom is -0.370 e. The van der Waals surface area contributed by atoms with Gasteiger partial charge < -0.3 is 11.1 Å². The van der Waals surface area contributed by atoms with Crippen molar-refractivity contribution in [3.05, 3.63) is 41.4 Å². The Kier molecular flexibility index (Phi) is 7.53. The number of thiazole rings is 1. The van der Waals surface area contributed by atoms with Gasteiger partial charge in [0.2, 0.25) is 0 Å². The highest BCUT2D eigenvalue weighted by atomic mass is 127. The second-order valence-electron chi connectivity index (χ2n) is 4.14. The molecule has 0 spiro atoms. The second kappa shape index (κ2) is 8.91. The average Bonchev–Trinajstić information content (AvgIpc) is 2.93. The fourth-order valence-corrected chi connectivity index (χ4v) is 2.39. The number of guanidine groups is 1. The molecule has 2 aromatic rings. The number of aliphatic imine (C=N–C) groups is 1. The van der Waals surface area contributed by atoms with Crippen LogP contribution in [0.15, 0.2) is 40.7 Å². The van der Waals surface area contributed by atoms with E-state index in [0.717, 1.165) is 29.2 Å². The van der Waals surface area contributed by atoms with E-state index in [0.29, 0.717) is 12.5 Å². The summed E-state index contributed by atoms with van der Waals surface area (Å²) >= 11 is 1.63. The number of halogens is 1. The lowest BCUT2D eigenvalue weighted by atomic mass is 10.2. The number of nitrogens with zero attached hydrogens (tertiary/aromatic N) is 2. The van der Waals surface area contributed by atoms with Gasteiger partial charge in [-0.15, -0.1) is 35.3 Å². The summed E-state index contributed by atoms with van der Waals surface area (Å²) in [5.41, 5.74) is 7.83. The third-order valence-corrected chi connectivity index (χ3v) is 3.48. The summed E-state index contributed by atoms with van der Waals surface area (Å²) in [6, 6.07) is 10.1. The van der Waals surface area contributed by atoms with Gasteiger partial charge in [-0.3, -0.25) is 0 Å². The zero-order chi connectivity index (χ0) is 13.5. The van der Waals surface area contributed by atoms with Crippen LogP contribution in [-0.4, -0.2) is 17.5 Å². The first-order valence-corrected chi connectivity index (χ1v) is 7.21. The maximum atomic E-state index is 5.74. The number of nitrogens with one attached hydrogen (secondary N) is 1. The Bertz CT molecular complexity index is 539. The van der Waals surface area contributed by atoms with Gasteiger partial charge in [-0.25, -0.2) is 9.98 Å². The van der Waals surface area contributed by atoms with Crippen LogP contribution in [0.1, 0.15) is 19.0 Å². The van der Waals surface area contributed by atoms with Crippen molar-refractivity contribution in [3.63, 3.8) is 0 Å². The molecule has 0 fully saturated rings. The van der Waals surface area contributed by atoms with Crippen molar-refractivity contribution in [3.8, 4) is 10.6 Å². The standard InChI is InChI=1S/C14H18N4S.HI/c1-2-8-16-14(15)17-9-12-10-19-13(18-12)11-6-4-3-5-7-11;/h3-7,10H,2,8-9H2,1H3,(H3,15,16,17);1H. The van der Waals surface area contributed by atoms with Crippen LogP contribution in [0.5, 0.6) is 0 Å². The number of aromatic nitrogens is 1. The number of rotatable bonds is 5. The monoisotopic (exact) mass is 402 g/mol. The predicted octanol–water partition coefficient (Wildman–Crippen LogP) is 3.24. The van der Waals surface area contributed by atoms with Crippen molar-refractivity contribution in [2.45, 2.75) is 19.9 Å². The number of hydrogen-bond donors (Lipinski definition) is 2. The van der Waals surface area contributed by atoms with Gasteiger partial charge in [0.15, 0.2) is 5.96 Å². The highest BCUT2D eigenvalue weighted by Gasteiger charge is 2.03. The minimum absolute atomic E-state index is 0. The summed E-state index contributed by atoms with van der Waals surface area (Å²) in [4.78, 5) is 8.83. The maximum absolute atomic E-state index is 5.74. The predicted molar refractivity (Wildman–Crippen MR) is 96.6 cm³/mol. The normalized spacial score (nSPS) is 10.9. The van der Waals surface area contributed by atoms with Crippen LogP contribution in [0.25, 0.3) is 10.6 Å². The molecule has 1 aromatic carbocycles. The Labute approximate surface area is 140 Å². The summed E-state index contributed by atoms with van der Waals surface area (Å²) in [6.45, 7) is 3.46. The fourth-order valence-electron chi connectivity index (χ4n) is 1.57. The van der Waals surface area contributed by atoms with E-state index in [2.05, 4.69) is 34.3 Å². The lowest BCUT2D eigenvalue weighted by molar-refractivity contribution is 0.824. The Morgan fingerprint density at radius 3 is 2.80 bits per heavy atom. The maximum Gasteiger partial charge on any atom is 0.188 e. The lowest BCUT2D eigenvalue weighted by Crippen LogP contribution is -2.32. The zero-order valence-corrected chi connectivity index (χ0v) is 14.5. The molecule has 0 aliphatic rings. The molecule has 0 bridgehead atoms. The molecule has 20 heavy (non-hydrogen) atoms. The van der Waals surface area contributed by atoms with Crippen LogP contribution >= 0.6 is 35.3 Å². The molecule has 1 aromatic heterocycles. The van der Waals surface area contributed by atoms with E-state index in [9.17, 15) is 0 Å². The third kappa shape index (κ3) is 5.09. The fraction of sp³-hybridized carbons (Fsp3) is 0.286. The van der Waals surface area contributed by atoms with E-state index >= 15 is 0 Å². The smallest absolute Gasteiger partial charge is 0.188 e. The molecule has 0 aliphatic heterocycles. The molecule has 0 amide bonds. The van der Waals surface area contributed by atoms with Gasteiger partial charge in [-0.1, -0.05) is 37.3 Å². The highest BCUT2D eigenvalue weighted by Crippen LogP contribution is 2.23. The van der Waals surface area contributed by atoms with Gasteiger partial charge in [0, 0.05) is 17.5 Å². The van der Waals surface area contributed by atoms with Crippen molar-refractivity contribution in [1.29, 1.82) is 0 Å². The molecule has 108 valence electrons. The zero-order valence-electron chi connectivity index (χ0n) is 11.4. The van der Waals surface area contributed by atoms with E-state index in [1.54, 1.807) is 11.3 Å². The van der Waals surface area contributed by atoms with E-state index in [-0.39, 0.29) is 24.0 Å². The Hall–Kier alpha value is -1.15. The molecule has 0 unspecified atom stereocenters. The topological polar surface area (TPSA) is 63.3 Å². The van der Waals surface area contributed by atoms with E-state index in [4.69, 9.17) is 5.73 Å². The summed E-state index contributed by atoms with van der Waals surface area (Å²) in [5, 5.41) is 6.09. The Morgan fingerprint density at radius 2 is 2.10 bits per heavy atom. The van der Waals surface area contributed by atoms with E-state index in [1.807, 2.05) is 23.6 Å². The van der Waals surface area contributed by atoms with E-state index in [1.165, 1.54) is 0 Å². The number of hydrogen-bond acceptors (Lipinski definition) is 3. The molecule has 0 radical (unpaired) electrons. The summed E-state index contributed by atoms with van der Waals surface area (Å²) in [6.07, 6.45) is 1.03. The molecule has 3 N–H and O–H groups in total. The first kappa shape index (κ1) is 16.9. The van der Waals surface area contributed by atoms with Crippen LogP contribution in [0.2, 0.25) is 0 Å². The van der Waals surface area contributed by atoms with E-state index < -0.39 is 0 Å². The minimum atomic E-state index is 0. The average molecular weight is 402 g/mol. The van der Waals surface area contributed by atoms with Crippen LogP contribution in [0.3, 0.4) is 0 Å². The molecule has 2 rings (SSSR count). The highest BCUT2D eigenvalue weighted by molar-refractivity contribution is 14.0. The van der Waals surface area contributed by atoms with Gasteiger partial charge in [-0.2, -0.15) is 0 Å². The molecule has 6 heteroatoms. The molecular weight excluding hydrogens is 383 g/mol. The van der Waals surface area contributed by atoms with Gasteiger partial charge in [0.1, 0.15) is 5.01 Å². The third-order valence-electron chi connectivity index (χ3n) is 2.54. The van der Waals surface area contributed by atoms with Gasteiger partial charge in [0.05, 0.1) is 12.2 Å². The van der Waals surface area contributed by atoms with Crippen LogP contribution in [0, 0.1) is 0 Å². The van der Waals surface area contributed by atoms with Crippen molar-refractivity contribution < 1.29 is 0 Å². The Balaban J connectivity index is 0.00000200. The van der Waals surface area contributed by atoms with Crippen LogP contribution in [-0.2, 0) is 6.54 Å². The molecule has 4 nitrogen and oxygen atoms in total. The van der Waals surface area contributed by atoms with Gasteiger partial charge in [-0.05, 0) is 6.42 Å². The summed E-state index contributed by atoms with van der Waals surface area (Å²) < 4.78 is 0. The van der Waals surface area contributed by atoms with Crippen LogP contribution in [0.4, 0.5) is 0 Å². The molecule has 0 saturated carbocycles. The van der Waals surface area contributed by atoms with Gasteiger partial charge >= 0.3 is 0 Å².